The van der Waals surface area contributed by atoms with Crippen LogP contribution < -0.4 is 0 Å². The van der Waals surface area contributed by atoms with Gasteiger partial charge in [0.05, 0.1) is 0 Å². The zero-order valence-corrected chi connectivity index (χ0v) is 8.84. The summed E-state index contributed by atoms with van der Waals surface area (Å²) >= 11 is 0. The van der Waals surface area contributed by atoms with E-state index in [4.69, 9.17) is 5.11 Å². The van der Waals surface area contributed by atoms with Crippen LogP contribution in [-0.4, -0.2) is 16.1 Å². The fourth-order valence-corrected chi connectivity index (χ4v) is 1.62. The van der Waals surface area contributed by atoms with Crippen LogP contribution in [0.5, 0.6) is 0 Å². The van der Waals surface area contributed by atoms with E-state index in [2.05, 4.69) is 4.98 Å². The minimum atomic E-state index is -1.00. The van der Waals surface area contributed by atoms with Crippen molar-refractivity contribution in [2.45, 2.75) is 6.92 Å². The minimum absolute atomic E-state index is 0.0908. The van der Waals surface area contributed by atoms with Crippen LogP contribution in [0.25, 0.3) is 11.1 Å². The fourth-order valence-electron chi connectivity index (χ4n) is 1.62. The van der Waals surface area contributed by atoms with E-state index < -0.39 is 5.97 Å². The summed E-state index contributed by atoms with van der Waals surface area (Å²) in [4.78, 5) is 14.9. The molecule has 0 saturated heterocycles. The highest BCUT2D eigenvalue weighted by Gasteiger charge is 2.12. The van der Waals surface area contributed by atoms with Crippen LogP contribution in [0.15, 0.2) is 42.6 Å². The molecule has 0 fully saturated rings. The number of aromatic nitrogens is 1. The maximum atomic E-state index is 11.0. The second-order valence-electron chi connectivity index (χ2n) is 3.57. The molecule has 80 valence electrons. The minimum Gasteiger partial charge on any atom is -0.476 e. The van der Waals surface area contributed by atoms with Crippen molar-refractivity contribution in [2.75, 3.05) is 0 Å². The third-order valence-electron chi connectivity index (χ3n) is 2.34. The van der Waals surface area contributed by atoms with E-state index in [1.165, 1.54) is 6.20 Å². The van der Waals surface area contributed by atoms with Crippen LogP contribution >= 0.6 is 0 Å². The Morgan fingerprint density at radius 3 is 2.75 bits per heavy atom. The summed E-state index contributed by atoms with van der Waals surface area (Å²) in [5.41, 5.74) is 2.72. The van der Waals surface area contributed by atoms with E-state index in [0.29, 0.717) is 5.56 Å². The number of benzene rings is 1. The van der Waals surface area contributed by atoms with Gasteiger partial charge in [0.15, 0.2) is 5.69 Å². The lowest BCUT2D eigenvalue weighted by molar-refractivity contribution is 0.0691. The molecule has 1 heterocycles. The van der Waals surface area contributed by atoms with E-state index in [1.54, 1.807) is 12.1 Å². The molecule has 0 aliphatic heterocycles. The van der Waals surface area contributed by atoms with Crippen LogP contribution in [0, 0.1) is 6.92 Å². The lowest BCUT2D eigenvalue weighted by Crippen LogP contribution is -2.02. The van der Waals surface area contributed by atoms with Gasteiger partial charge in [0.1, 0.15) is 0 Å². The molecule has 1 aromatic heterocycles. The van der Waals surface area contributed by atoms with Gasteiger partial charge in [-0.25, -0.2) is 9.78 Å². The summed E-state index contributed by atoms with van der Waals surface area (Å²) in [6, 6.07) is 11.2. The topological polar surface area (TPSA) is 50.2 Å². The number of nitrogens with zero attached hydrogens (tertiary/aromatic N) is 1. The second kappa shape index (κ2) is 4.14. The van der Waals surface area contributed by atoms with Crippen LogP contribution in [-0.2, 0) is 0 Å². The van der Waals surface area contributed by atoms with Crippen molar-refractivity contribution < 1.29 is 9.90 Å². The molecule has 1 aromatic carbocycles. The van der Waals surface area contributed by atoms with Gasteiger partial charge in [-0.3, -0.25) is 0 Å². The predicted octanol–water partition coefficient (Wildman–Crippen LogP) is 2.76. The van der Waals surface area contributed by atoms with E-state index in [0.717, 1.165) is 11.1 Å². The maximum Gasteiger partial charge on any atom is 0.355 e. The molecule has 0 spiro atoms. The van der Waals surface area contributed by atoms with Crippen LogP contribution in [0.4, 0.5) is 0 Å². The summed E-state index contributed by atoms with van der Waals surface area (Å²) in [6.45, 7) is 1.97. The molecule has 3 heteroatoms. The average molecular weight is 213 g/mol. The first kappa shape index (κ1) is 10.4. The number of pyridine rings is 1. The van der Waals surface area contributed by atoms with Crippen molar-refractivity contribution in [1.29, 1.82) is 0 Å². The highest BCUT2D eigenvalue weighted by molar-refractivity contribution is 5.93. The standard InChI is InChI=1S/C13H11NO2/c1-9-4-2-5-10(8-9)11-6-3-7-14-12(11)13(15)16/h2-8H,1H3,(H,15,16). The first-order chi connectivity index (χ1) is 7.68. The first-order valence-corrected chi connectivity index (χ1v) is 4.94. The van der Waals surface area contributed by atoms with E-state index in [1.807, 2.05) is 31.2 Å². The van der Waals surface area contributed by atoms with Gasteiger partial charge in [0, 0.05) is 11.8 Å². The number of aromatic carboxylic acids is 1. The zero-order chi connectivity index (χ0) is 11.5. The summed E-state index contributed by atoms with van der Waals surface area (Å²) in [5.74, 6) is -1.00. The molecule has 2 rings (SSSR count). The Kier molecular flexibility index (Phi) is 2.68. The average Bonchev–Trinajstić information content (AvgIpc) is 2.29. The first-order valence-electron chi connectivity index (χ1n) is 4.94. The van der Waals surface area contributed by atoms with Crippen molar-refractivity contribution in [3.05, 3.63) is 53.9 Å². The van der Waals surface area contributed by atoms with E-state index >= 15 is 0 Å². The molecule has 0 aliphatic rings. The number of rotatable bonds is 2. The number of aryl methyl sites for hydroxylation is 1. The van der Waals surface area contributed by atoms with E-state index in [-0.39, 0.29) is 5.69 Å². The lowest BCUT2D eigenvalue weighted by Gasteiger charge is -2.05. The van der Waals surface area contributed by atoms with Crippen LogP contribution in [0.1, 0.15) is 16.1 Å². The largest absolute Gasteiger partial charge is 0.476 e. The third-order valence-corrected chi connectivity index (χ3v) is 2.34. The summed E-state index contributed by atoms with van der Waals surface area (Å²) in [7, 11) is 0. The summed E-state index contributed by atoms with van der Waals surface area (Å²) < 4.78 is 0. The van der Waals surface area contributed by atoms with Crippen LogP contribution in [0.3, 0.4) is 0 Å². The Morgan fingerprint density at radius 1 is 1.25 bits per heavy atom. The molecule has 0 bridgehead atoms. The molecule has 0 unspecified atom stereocenters. The molecule has 16 heavy (non-hydrogen) atoms. The van der Waals surface area contributed by atoms with E-state index in [9.17, 15) is 4.79 Å². The van der Waals surface area contributed by atoms with Crippen molar-refractivity contribution >= 4 is 5.97 Å². The van der Waals surface area contributed by atoms with Crippen molar-refractivity contribution in [3.8, 4) is 11.1 Å². The van der Waals surface area contributed by atoms with Gasteiger partial charge in [0.2, 0.25) is 0 Å². The SMILES string of the molecule is Cc1cccc(-c2cccnc2C(=O)O)c1. The molecule has 0 amide bonds. The number of carbonyl (C=O) groups is 1. The predicted molar refractivity (Wildman–Crippen MR) is 61.4 cm³/mol. The number of carboxylic acids is 1. The second-order valence-corrected chi connectivity index (χ2v) is 3.57. The van der Waals surface area contributed by atoms with Gasteiger partial charge in [-0.05, 0) is 18.6 Å². The molecular formula is C13H11NO2. The molecule has 0 atom stereocenters. The van der Waals surface area contributed by atoms with Gasteiger partial charge < -0.3 is 5.11 Å². The molecule has 1 N–H and O–H groups in total. The van der Waals surface area contributed by atoms with Gasteiger partial charge in [0.25, 0.3) is 0 Å². The molecule has 0 radical (unpaired) electrons. The van der Waals surface area contributed by atoms with Gasteiger partial charge >= 0.3 is 5.97 Å². The highest BCUT2D eigenvalue weighted by atomic mass is 16.4. The van der Waals surface area contributed by atoms with Gasteiger partial charge in [-0.2, -0.15) is 0 Å². The Morgan fingerprint density at radius 2 is 2.06 bits per heavy atom. The Balaban J connectivity index is 2.60. The highest BCUT2D eigenvalue weighted by Crippen LogP contribution is 2.22. The van der Waals surface area contributed by atoms with Crippen LogP contribution in [0.2, 0.25) is 0 Å². The Bertz CT molecular complexity index is 535. The van der Waals surface area contributed by atoms with Gasteiger partial charge in [-0.1, -0.05) is 35.9 Å². The monoisotopic (exact) mass is 213 g/mol. The number of hydrogen-bond acceptors (Lipinski definition) is 2. The number of carboxylic acid groups (broad SMARTS) is 1. The molecule has 2 aromatic rings. The quantitative estimate of drug-likeness (QED) is 0.834. The molecule has 0 aliphatic carbocycles. The summed E-state index contributed by atoms with van der Waals surface area (Å²) in [5, 5.41) is 9.03. The smallest absolute Gasteiger partial charge is 0.355 e. The third kappa shape index (κ3) is 1.93. The van der Waals surface area contributed by atoms with Crippen molar-refractivity contribution in [3.63, 3.8) is 0 Å². The molecule has 3 nitrogen and oxygen atoms in total. The van der Waals surface area contributed by atoms with Crippen molar-refractivity contribution in [2.24, 2.45) is 0 Å². The molecule has 0 saturated carbocycles. The molecular weight excluding hydrogens is 202 g/mol. The Labute approximate surface area is 93.4 Å². The Hall–Kier alpha value is -2.16. The normalized spacial score (nSPS) is 10.1. The maximum absolute atomic E-state index is 11.0. The summed E-state index contributed by atoms with van der Waals surface area (Å²) in [6.07, 6.45) is 1.49. The number of hydrogen-bond donors (Lipinski definition) is 1. The van der Waals surface area contributed by atoms with Gasteiger partial charge in [-0.15, -0.1) is 0 Å². The zero-order valence-electron chi connectivity index (χ0n) is 8.84. The van der Waals surface area contributed by atoms with Crippen molar-refractivity contribution in [1.82, 2.24) is 4.98 Å². The lowest BCUT2D eigenvalue weighted by atomic mass is 10.0. The fraction of sp³-hybridized carbons (Fsp3) is 0.0769.